The third-order valence-corrected chi connectivity index (χ3v) is 3.03. The van der Waals surface area contributed by atoms with Crippen molar-refractivity contribution in [2.24, 2.45) is 0 Å². The first-order valence-electron chi connectivity index (χ1n) is 5.46. The van der Waals surface area contributed by atoms with Crippen molar-refractivity contribution < 1.29 is 4.74 Å². The summed E-state index contributed by atoms with van der Waals surface area (Å²) in [4.78, 5) is 0. The van der Waals surface area contributed by atoms with Crippen LogP contribution in [0.4, 0.5) is 0 Å². The summed E-state index contributed by atoms with van der Waals surface area (Å²) in [7, 11) is 1.65. The SMILES string of the molecule is COc1ccc(-n2ncc(C(C)Cl)c2C)cc1. The topological polar surface area (TPSA) is 27.1 Å². The summed E-state index contributed by atoms with van der Waals surface area (Å²) in [5.74, 6) is 0.837. The third-order valence-electron chi connectivity index (χ3n) is 2.79. The van der Waals surface area contributed by atoms with Gasteiger partial charge in [-0.15, -0.1) is 11.6 Å². The van der Waals surface area contributed by atoms with Gasteiger partial charge in [-0.05, 0) is 38.1 Å². The molecule has 1 aromatic carbocycles. The summed E-state index contributed by atoms with van der Waals surface area (Å²) in [6.45, 7) is 3.97. The second-order valence-electron chi connectivity index (χ2n) is 3.91. The van der Waals surface area contributed by atoms with Gasteiger partial charge in [-0.3, -0.25) is 0 Å². The fraction of sp³-hybridized carbons (Fsp3) is 0.308. The number of aromatic nitrogens is 2. The molecule has 0 aliphatic heterocycles. The molecule has 2 aromatic rings. The lowest BCUT2D eigenvalue weighted by molar-refractivity contribution is 0.414. The maximum Gasteiger partial charge on any atom is 0.119 e. The molecular weight excluding hydrogens is 236 g/mol. The zero-order valence-electron chi connectivity index (χ0n) is 10.1. The van der Waals surface area contributed by atoms with Crippen molar-refractivity contribution in [2.75, 3.05) is 7.11 Å². The van der Waals surface area contributed by atoms with Crippen LogP contribution in [0, 0.1) is 6.92 Å². The highest BCUT2D eigenvalue weighted by Crippen LogP contribution is 2.25. The molecule has 0 spiro atoms. The fourth-order valence-corrected chi connectivity index (χ4v) is 2.01. The molecule has 2 rings (SSSR count). The lowest BCUT2D eigenvalue weighted by atomic mass is 10.2. The van der Waals surface area contributed by atoms with E-state index < -0.39 is 0 Å². The maximum atomic E-state index is 6.08. The minimum absolute atomic E-state index is 0.0259. The van der Waals surface area contributed by atoms with Gasteiger partial charge in [0.05, 0.1) is 24.4 Å². The summed E-state index contributed by atoms with van der Waals surface area (Å²) in [6.07, 6.45) is 1.82. The highest BCUT2D eigenvalue weighted by molar-refractivity contribution is 6.20. The van der Waals surface area contributed by atoms with Crippen molar-refractivity contribution in [1.82, 2.24) is 9.78 Å². The Morgan fingerprint density at radius 3 is 2.41 bits per heavy atom. The van der Waals surface area contributed by atoms with Crippen LogP contribution in [-0.2, 0) is 0 Å². The van der Waals surface area contributed by atoms with Crippen LogP contribution < -0.4 is 4.74 Å². The van der Waals surface area contributed by atoms with Crippen LogP contribution >= 0.6 is 11.6 Å². The lowest BCUT2D eigenvalue weighted by Gasteiger charge is -2.07. The number of rotatable bonds is 3. The molecule has 0 amide bonds. The van der Waals surface area contributed by atoms with Crippen LogP contribution in [-0.4, -0.2) is 16.9 Å². The quantitative estimate of drug-likeness (QED) is 0.780. The van der Waals surface area contributed by atoms with Crippen LogP contribution in [0.15, 0.2) is 30.5 Å². The van der Waals surface area contributed by atoms with Crippen molar-refractivity contribution in [2.45, 2.75) is 19.2 Å². The van der Waals surface area contributed by atoms with Crippen molar-refractivity contribution >= 4 is 11.6 Å². The Bertz CT molecular complexity index is 503. The zero-order valence-corrected chi connectivity index (χ0v) is 10.9. The molecule has 0 saturated heterocycles. The Morgan fingerprint density at radius 1 is 1.29 bits per heavy atom. The van der Waals surface area contributed by atoms with Gasteiger partial charge in [-0.2, -0.15) is 5.10 Å². The van der Waals surface area contributed by atoms with Gasteiger partial charge in [0.15, 0.2) is 0 Å². The highest BCUT2D eigenvalue weighted by Gasteiger charge is 2.11. The second-order valence-corrected chi connectivity index (χ2v) is 4.57. The molecule has 1 unspecified atom stereocenters. The van der Waals surface area contributed by atoms with Crippen molar-refractivity contribution in [1.29, 1.82) is 0 Å². The van der Waals surface area contributed by atoms with Gasteiger partial charge in [0.1, 0.15) is 5.75 Å². The molecule has 0 fully saturated rings. The molecule has 1 aromatic heterocycles. The van der Waals surface area contributed by atoms with E-state index in [1.54, 1.807) is 7.11 Å². The normalized spacial score (nSPS) is 12.5. The van der Waals surface area contributed by atoms with E-state index in [-0.39, 0.29) is 5.38 Å². The summed E-state index contributed by atoms with van der Waals surface area (Å²) >= 11 is 6.08. The van der Waals surface area contributed by atoms with Gasteiger partial charge >= 0.3 is 0 Å². The van der Waals surface area contributed by atoms with Crippen molar-refractivity contribution in [3.63, 3.8) is 0 Å². The van der Waals surface area contributed by atoms with Gasteiger partial charge in [0.25, 0.3) is 0 Å². The van der Waals surface area contributed by atoms with E-state index in [4.69, 9.17) is 16.3 Å². The number of hydrogen-bond donors (Lipinski definition) is 0. The average molecular weight is 251 g/mol. The molecule has 0 N–H and O–H groups in total. The summed E-state index contributed by atoms with van der Waals surface area (Å²) in [5.41, 5.74) is 3.13. The van der Waals surface area contributed by atoms with Gasteiger partial charge < -0.3 is 4.74 Å². The number of halogens is 1. The molecule has 17 heavy (non-hydrogen) atoms. The molecule has 0 aliphatic carbocycles. The van der Waals surface area contributed by atoms with Gasteiger partial charge in [-0.1, -0.05) is 0 Å². The summed E-state index contributed by atoms with van der Waals surface area (Å²) in [5, 5.41) is 4.33. The van der Waals surface area contributed by atoms with Crippen LogP contribution in [0.1, 0.15) is 23.6 Å². The standard InChI is InChI=1S/C13H15ClN2O/c1-9(14)13-8-15-16(10(13)2)11-4-6-12(17-3)7-5-11/h4-9H,1-3H3. The maximum absolute atomic E-state index is 6.08. The molecule has 1 heterocycles. The fourth-order valence-electron chi connectivity index (χ4n) is 1.80. The highest BCUT2D eigenvalue weighted by atomic mass is 35.5. The Kier molecular flexibility index (Phi) is 3.38. The molecule has 1 atom stereocenters. The molecule has 0 bridgehead atoms. The molecule has 3 nitrogen and oxygen atoms in total. The summed E-state index contributed by atoms with van der Waals surface area (Å²) in [6, 6.07) is 7.78. The summed E-state index contributed by atoms with van der Waals surface area (Å²) < 4.78 is 7.01. The van der Waals surface area contributed by atoms with E-state index in [0.29, 0.717) is 0 Å². The van der Waals surface area contributed by atoms with E-state index in [1.165, 1.54) is 0 Å². The predicted molar refractivity (Wildman–Crippen MR) is 69.1 cm³/mol. The smallest absolute Gasteiger partial charge is 0.119 e. The van der Waals surface area contributed by atoms with Gasteiger partial charge in [0.2, 0.25) is 0 Å². The van der Waals surface area contributed by atoms with Gasteiger partial charge in [-0.25, -0.2) is 4.68 Å². The van der Waals surface area contributed by atoms with E-state index in [2.05, 4.69) is 5.10 Å². The van der Waals surface area contributed by atoms with Crippen LogP contribution in [0.25, 0.3) is 5.69 Å². The third kappa shape index (κ3) is 2.29. The first kappa shape index (κ1) is 12.0. The number of nitrogens with zero attached hydrogens (tertiary/aromatic N) is 2. The first-order chi connectivity index (χ1) is 8.13. The van der Waals surface area contributed by atoms with E-state index >= 15 is 0 Å². The monoisotopic (exact) mass is 250 g/mol. The number of ether oxygens (including phenoxy) is 1. The van der Waals surface area contributed by atoms with Crippen LogP contribution in [0.5, 0.6) is 5.75 Å². The number of benzene rings is 1. The van der Waals surface area contributed by atoms with Crippen molar-refractivity contribution in [3.8, 4) is 11.4 Å². The van der Waals surface area contributed by atoms with Gasteiger partial charge in [0, 0.05) is 11.3 Å². The minimum atomic E-state index is -0.0259. The van der Waals surface area contributed by atoms with E-state index in [1.807, 2.05) is 49.0 Å². The minimum Gasteiger partial charge on any atom is -0.497 e. The predicted octanol–water partition coefficient (Wildman–Crippen LogP) is 3.49. The Balaban J connectivity index is 2.39. The first-order valence-corrected chi connectivity index (χ1v) is 5.90. The number of hydrogen-bond acceptors (Lipinski definition) is 2. The molecule has 0 radical (unpaired) electrons. The Morgan fingerprint density at radius 2 is 1.94 bits per heavy atom. The Labute approximate surface area is 106 Å². The van der Waals surface area contributed by atoms with Crippen molar-refractivity contribution in [3.05, 3.63) is 41.7 Å². The molecule has 4 heteroatoms. The molecule has 0 saturated carbocycles. The van der Waals surface area contributed by atoms with E-state index in [0.717, 1.165) is 22.7 Å². The largest absolute Gasteiger partial charge is 0.497 e. The number of alkyl halides is 1. The lowest BCUT2D eigenvalue weighted by Crippen LogP contribution is -1.99. The molecular formula is C13H15ClN2O. The Hall–Kier alpha value is -1.48. The number of methoxy groups -OCH3 is 1. The average Bonchev–Trinajstić information content (AvgIpc) is 2.71. The van der Waals surface area contributed by atoms with Crippen LogP contribution in [0.3, 0.4) is 0 Å². The zero-order chi connectivity index (χ0) is 12.4. The molecule has 90 valence electrons. The van der Waals surface area contributed by atoms with E-state index in [9.17, 15) is 0 Å². The molecule has 0 aliphatic rings. The van der Waals surface area contributed by atoms with Crippen LogP contribution in [0.2, 0.25) is 0 Å². The second kappa shape index (κ2) is 4.80.